The monoisotopic (exact) mass is 354 g/mol. The summed E-state index contributed by atoms with van der Waals surface area (Å²) < 4.78 is 0. The third kappa shape index (κ3) is 14.9. The highest BCUT2D eigenvalue weighted by atomic mass is 16.7. The maximum Gasteiger partial charge on any atom is 0.433 e. The van der Waals surface area contributed by atoms with Gasteiger partial charge in [-0.2, -0.15) is 0 Å². The molecule has 0 spiro atoms. The molecule has 1 N–H and O–H groups in total. The van der Waals surface area contributed by atoms with E-state index >= 15 is 0 Å². The molecule has 4 heteroatoms. The lowest BCUT2D eigenvalue weighted by molar-refractivity contribution is 0.152. The molecular formula is C21H42N2O2. The minimum Gasteiger partial charge on any atom is -0.323 e. The van der Waals surface area contributed by atoms with Crippen molar-refractivity contribution in [1.29, 1.82) is 0 Å². The Balaban J connectivity index is 4.22. The van der Waals surface area contributed by atoms with Gasteiger partial charge in [0.25, 0.3) is 0 Å². The van der Waals surface area contributed by atoms with Gasteiger partial charge in [-0.15, -0.1) is 0 Å². The van der Waals surface area contributed by atoms with E-state index in [1.54, 1.807) is 7.05 Å². The second kappa shape index (κ2) is 17.8. The number of hydrogen-bond donors (Lipinski definition) is 1. The minimum atomic E-state index is -0.489. The van der Waals surface area contributed by atoms with Crippen molar-refractivity contribution in [2.45, 2.75) is 111 Å². The standard InChI is InChI=1S/C21H42N2O2/c1-5-7-9-11-13-15-17-20(18-16-14-12-10-8-6-2)19(3)23-25-21(24)22-4/h20H,5-18H2,1-4H3,(H,22,24)/b23-19-. The second-order valence-corrected chi connectivity index (χ2v) is 7.17. The number of oxime groups is 1. The van der Waals surface area contributed by atoms with Crippen molar-refractivity contribution in [3.05, 3.63) is 0 Å². The van der Waals surface area contributed by atoms with Crippen LogP contribution < -0.4 is 5.32 Å². The van der Waals surface area contributed by atoms with Gasteiger partial charge in [-0.05, 0) is 19.8 Å². The third-order valence-electron chi connectivity index (χ3n) is 4.88. The van der Waals surface area contributed by atoms with Gasteiger partial charge in [0.05, 0.1) is 5.71 Å². The Kier molecular flexibility index (Phi) is 17.0. The van der Waals surface area contributed by atoms with Gasteiger partial charge in [-0.25, -0.2) is 4.79 Å². The van der Waals surface area contributed by atoms with Crippen molar-refractivity contribution in [2.24, 2.45) is 11.1 Å². The molecule has 0 aromatic heterocycles. The van der Waals surface area contributed by atoms with Gasteiger partial charge in [0.1, 0.15) is 0 Å². The fourth-order valence-electron chi connectivity index (χ4n) is 3.14. The lowest BCUT2D eigenvalue weighted by Crippen LogP contribution is -2.19. The van der Waals surface area contributed by atoms with Gasteiger partial charge in [0.15, 0.2) is 0 Å². The first-order chi connectivity index (χ1) is 12.2. The number of hydrogen-bond acceptors (Lipinski definition) is 3. The van der Waals surface area contributed by atoms with Crippen LogP contribution in [0.15, 0.2) is 5.16 Å². The molecule has 0 heterocycles. The molecule has 0 unspecified atom stereocenters. The summed E-state index contributed by atoms with van der Waals surface area (Å²) in [5.74, 6) is 0.446. The molecule has 0 radical (unpaired) electrons. The summed E-state index contributed by atoms with van der Waals surface area (Å²) in [6.07, 6.45) is 17.6. The quantitative estimate of drug-likeness (QED) is 0.143. The first kappa shape index (κ1) is 23.9. The normalized spacial score (nSPS) is 11.8. The van der Waals surface area contributed by atoms with E-state index in [0.29, 0.717) is 5.92 Å². The van der Waals surface area contributed by atoms with E-state index in [4.69, 9.17) is 4.84 Å². The predicted octanol–water partition coefficient (Wildman–Crippen LogP) is 6.84. The number of amides is 1. The number of nitrogens with one attached hydrogen (secondary N) is 1. The van der Waals surface area contributed by atoms with Crippen LogP contribution in [0, 0.1) is 5.92 Å². The Bertz CT molecular complexity index is 327. The van der Waals surface area contributed by atoms with Crippen LogP contribution in [0.1, 0.15) is 111 Å². The predicted molar refractivity (Wildman–Crippen MR) is 108 cm³/mol. The molecule has 0 saturated carbocycles. The highest BCUT2D eigenvalue weighted by Gasteiger charge is 2.13. The van der Waals surface area contributed by atoms with E-state index in [0.717, 1.165) is 18.6 Å². The SMILES string of the molecule is CCCCCCCCC(CCCCCCCC)/C(C)=N\OC(=O)NC. The Morgan fingerprint density at radius 2 is 1.28 bits per heavy atom. The number of nitrogens with zero attached hydrogens (tertiary/aromatic N) is 1. The largest absolute Gasteiger partial charge is 0.433 e. The van der Waals surface area contributed by atoms with Crippen molar-refractivity contribution < 1.29 is 9.63 Å². The molecular weight excluding hydrogens is 312 g/mol. The summed E-state index contributed by atoms with van der Waals surface area (Å²) in [5.41, 5.74) is 0.964. The number of carbonyl (C=O) groups excluding carboxylic acids is 1. The van der Waals surface area contributed by atoms with Gasteiger partial charge in [0.2, 0.25) is 0 Å². The zero-order valence-electron chi connectivity index (χ0n) is 17.2. The van der Waals surface area contributed by atoms with Crippen LogP contribution >= 0.6 is 0 Å². The Morgan fingerprint density at radius 3 is 1.72 bits per heavy atom. The van der Waals surface area contributed by atoms with Gasteiger partial charge in [-0.3, -0.25) is 4.84 Å². The topological polar surface area (TPSA) is 50.7 Å². The Labute approximate surface area is 156 Å². The summed E-state index contributed by atoms with van der Waals surface area (Å²) in [6.45, 7) is 6.51. The molecule has 0 bridgehead atoms. The molecule has 25 heavy (non-hydrogen) atoms. The number of carbonyl (C=O) groups is 1. The first-order valence-electron chi connectivity index (χ1n) is 10.6. The van der Waals surface area contributed by atoms with Crippen LogP contribution in [0.25, 0.3) is 0 Å². The average Bonchev–Trinajstić information content (AvgIpc) is 2.63. The summed E-state index contributed by atoms with van der Waals surface area (Å²) in [7, 11) is 1.55. The van der Waals surface area contributed by atoms with Gasteiger partial charge in [0, 0.05) is 13.0 Å². The molecule has 0 atom stereocenters. The fourth-order valence-corrected chi connectivity index (χ4v) is 3.14. The molecule has 0 fully saturated rings. The second-order valence-electron chi connectivity index (χ2n) is 7.17. The third-order valence-corrected chi connectivity index (χ3v) is 4.88. The van der Waals surface area contributed by atoms with E-state index in [-0.39, 0.29) is 0 Å². The highest BCUT2D eigenvalue weighted by molar-refractivity contribution is 5.84. The molecule has 0 rings (SSSR count). The van der Waals surface area contributed by atoms with Crippen LogP contribution in [-0.4, -0.2) is 18.9 Å². The van der Waals surface area contributed by atoms with Crippen molar-refractivity contribution in [2.75, 3.05) is 7.05 Å². The molecule has 0 aromatic rings. The number of unbranched alkanes of at least 4 members (excludes halogenated alkanes) is 10. The van der Waals surface area contributed by atoms with E-state index in [1.807, 2.05) is 6.92 Å². The lowest BCUT2D eigenvalue weighted by Gasteiger charge is -2.16. The van der Waals surface area contributed by atoms with Crippen molar-refractivity contribution in [3.8, 4) is 0 Å². The van der Waals surface area contributed by atoms with Gasteiger partial charge >= 0.3 is 6.09 Å². The van der Waals surface area contributed by atoms with E-state index in [2.05, 4.69) is 24.3 Å². The van der Waals surface area contributed by atoms with Crippen molar-refractivity contribution in [1.82, 2.24) is 5.32 Å². The zero-order valence-corrected chi connectivity index (χ0v) is 17.2. The summed E-state index contributed by atoms with van der Waals surface area (Å²) >= 11 is 0. The average molecular weight is 355 g/mol. The van der Waals surface area contributed by atoms with Crippen LogP contribution in [0.2, 0.25) is 0 Å². The maximum absolute atomic E-state index is 11.2. The molecule has 0 aliphatic carbocycles. The van der Waals surface area contributed by atoms with Crippen LogP contribution in [0.5, 0.6) is 0 Å². The molecule has 0 aliphatic heterocycles. The highest BCUT2D eigenvalue weighted by Crippen LogP contribution is 2.21. The van der Waals surface area contributed by atoms with Crippen molar-refractivity contribution in [3.63, 3.8) is 0 Å². The van der Waals surface area contributed by atoms with Gasteiger partial charge < -0.3 is 5.32 Å². The van der Waals surface area contributed by atoms with E-state index in [9.17, 15) is 4.79 Å². The van der Waals surface area contributed by atoms with Crippen molar-refractivity contribution >= 4 is 11.8 Å². The maximum atomic E-state index is 11.2. The van der Waals surface area contributed by atoms with Gasteiger partial charge in [-0.1, -0.05) is 96.1 Å². The lowest BCUT2D eigenvalue weighted by atomic mass is 9.91. The summed E-state index contributed by atoms with van der Waals surface area (Å²) in [5, 5.41) is 6.49. The first-order valence-corrected chi connectivity index (χ1v) is 10.6. The van der Waals surface area contributed by atoms with Crippen LogP contribution in [0.3, 0.4) is 0 Å². The minimum absolute atomic E-state index is 0.446. The van der Waals surface area contributed by atoms with E-state index < -0.39 is 6.09 Å². The Morgan fingerprint density at radius 1 is 0.840 bits per heavy atom. The molecule has 4 nitrogen and oxygen atoms in total. The molecule has 0 aromatic carbocycles. The molecule has 0 aliphatic rings. The summed E-state index contributed by atoms with van der Waals surface area (Å²) in [6, 6.07) is 0. The fraction of sp³-hybridized carbons (Fsp3) is 0.905. The molecule has 1 amide bonds. The molecule has 0 saturated heterocycles. The summed E-state index contributed by atoms with van der Waals surface area (Å²) in [4.78, 5) is 16.1. The van der Waals surface area contributed by atoms with E-state index in [1.165, 1.54) is 77.0 Å². The zero-order chi connectivity index (χ0) is 18.8. The smallest absolute Gasteiger partial charge is 0.323 e. The van der Waals surface area contributed by atoms with Crippen LogP contribution in [-0.2, 0) is 4.84 Å². The Hall–Kier alpha value is -1.06. The number of rotatable bonds is 16. The molecule has 148 valence electrons. The van der Waals surface area contributed by atoms with Crippen LogP contribution in [0.4, 0.5) is 4.79 Å².